The number of hydrogen-bond acceptors (Lipinski definition) is 4. The lowest BCUT2D eigenvalue weighted by Gasteiger charge is -2.08. The summed E-state index contributed by atoms with van der Waals surface area (Å²) >= 11 is 6.68. The molecule has 0 unspecified atom stereocenters. The Morgan fingerprint density at radius 2 is 1.34 bits per heavy atom. The number of nitrogens with zero attached hydrogens (tertiary/aromatic N) is 2. The third-order valence-electron chi connectivity index (χ3n) is 3.70. The fourth-order valence-electron chi connectivity index (χ4n) is 2.32. The van der Waals surface area contributed by atoms with Crippen LogP contribution in [0.2, 0.25) is 0 Å². The summed E-state index contributed by atoms with van der Waals surface area (Å²) in [7, 11) is 0. The summed E-state index contributed by atoms with van der Waals surface area (Å²) in [5.74, 6) is 0.260. The van der Waals surface area contributed by atoms with E-state index < -0.39 is 5.91 Å². The Morgan fingerprint density at radius 3 is 1.93 bits per heavy atom. The molecular formula is C21H16Br2N2O4. The van der Waals surface area contributed by atoms with Gasteiger partial charge in [0.2, 0.25) is 0 Å². The van der Waals surface area contributed by atoms with Crippen LogP contribution in [0.4, 0.5) is 0 Å². The van der Waals surface area contributed by atoms with Gasteiger partial charge in [0.15, 0.2) is 13.2 Å². The quantitative estimate of drug-likeness (QED) is 0.488. The van der Waals surface area contributed by atoms with Gasteiger partial charge in [-0.2, -0.15) is 4.99 Å². The Bertz CT molecular complexity index is 1060. The van der Waals surface area contributed by atoms with Gasteiger partial charge < -0.3 is 9.47 Å². The lowest BCUT2D eigenvalue weighted by molar-refractivity contribution is -0.120. The molecule has 148 valence electrons. The van der Waals surface area contributed by atoms with Crippen molar-refractivity contribution in [2.45, 2.75) is 0 Å². The number of pyridine rings is 1. The Hall–Kier alpha value is -2.71. The molecule has 0 saturated heterocycles. The van der Waals surface area contributed by atoms with Gasteiger partial charge in [-0.15, -0.1) is 0 Å². The van der Waals surface area contributed by atoms with Crippen LogP contribution in [0.25, 0.3) is 0 Å². The highest BCUT2D eigenvalue weighted by Gasteiger charge is 2.08. The molecule has 3 rings (SSSR count). The number of amides is 1. The number of benzene rings is 2. The largest absolute Gasteiger partial charge is 0.484 e. The highest BCUT2D eigenvalue weighted by Crippen LogP contribution is 2.16. The molecule has 29 heavy (non-hydrogen) atoms. The molecule has 1 heterocycles. The third-order valence-corrected chi connectivity index (χ3v) is 4.76. The summed E-state index contributed by atoms with van der Waals surface area (Å²) in [6.45, 7) is -0.428. The Labute approximate surface area is 184 Å². The molecule has 0 atom stereocenters. The summed E-state index contributed by atoms with van der Waals surface area (Å²) in [4.78, 5) is 28.7. The number of aromatic nitrogens is 1. The van der Waals surface area contributed by atoms with Crippen molar-refractivity contribution >= 4 is 43.7 Å². The van der Waals surface area contributed by atoms with Gasteiger partial charge in [0.1, 0.15) is 17.0 Å². The first-order valence-corrected chi connectivity index (χ1v) is 10.1. The van der Waals surface area contributed by atoms with E-state index in [9.17, 15) is 9.59 Å². The number of ether oxygens (including phenoxy) is 2. The standard InChI is InChI=1S/C21H16Br2N2O4/c22-15-4-8-17(9-5-15)28-13-20(26)24-19-3-1-2-12-25(19)21(27)14-29-18-10-6-16(23)7-11-18/h1-12H,13-14H2. The maximum atomic E-state index is 12.5. The molecule has 3 aromatic rings. The van der Waals surface area contributed by atoms with Crippen LogP contribution in [0, 0.1) is 0 Å². The molecule has 0 fully saturated rings. The SMILES string of the molecule is O=C(COc1ccc(Br)cc1)N=c1ccccn1C(=O)COc1ccc(Br)cc1. The molecule has 0 aliphatic carbocycles. The maximum absolute atomic E-state index is 12.5. The Morgan fingerprint density at radius 1 is 0.793 bits per heavy atom. The van der Waals surface area contributed by atoms with E-state index in [1.807, 2.05) is 24.3 Å². The van der Waals surface area contributed by atoms with Gasteiger partial charge in [-0.25, -0.2) is 0 Å². The van der Waals surface area contributed by atoms with Gasteiger partial charge in [-0.1, -0.05) is 37.9 Å². The molecule has 0 N–H and O–H groups in total. The summed E-state index contributed by atoms with van der Waals surface area (Å²) in [5, 5.41) is 0. The topological polar surface area (TPSA) is 69.9 Å². The lowest BCUT2D eigenvalue weighted by atomic mass is 10.3. The first-order valence-electron chi connectivity index (χ1n) is 8.56. The smallest absolute Gasteiger partial charge is 0.285 e. The molecule has 0 saturated carbocycles. The van der Waals surface area contributed by atoms with Crippen molar-refractivity contribution in [1.29, 1.82) is 0 Å². The monoisotopic (exact) mass is 518 g/mol. The zero-order chi connectivity index (χ0) is 20.6. The molecule has 1 amide bonds. The van der Waals surface area contributed by atoms with Crippen LogP contribution in [0.1, 0.15) is 4.79 Å². The number of rotatable bonds is 6. The predicted molar refractivity (Wildman–Crippen MR) is 115 cm³/mol. The number of hydrogen-bond donors (Lipinski definition) is 0. The van der Waals surface area contributed by atoms with Crippen LogP contribution in [0.3, 0.4) is 0 Å². The first kappa shape index (κ1) is 21.0. The van der Waals surface area contributed by atoms with E-state index in [0.29, 0.717) is 11.5 Å². The zero-order valence-electron chi connectivity index (χ0n) is 15.1. The van der Waals surface area contributed by atoms with E-state index in [0.717, 1.165) is 8.95 Å². The van der Waals surface area contributed by atoms with Crippen LogP contribution in [0.15, 0.2) is 86.9 Å². The van der Waals surface area contributed by atoms with Crippen molar-refractivity contribution in [1.82, 2.24) is 4.57 Å². The fourth-order valence-corrected chi connectivity index (χ4v) is 2.85. The van der Waals surface area contributed by atoms with Crippen LogP contribution < -0.4 is 15.0 Å². The molecule has 0 bridgehead atoms. The van der Waals surface area contributed by atoms with Crippen molar-refractivity contribution in [2.75, 3.05) is 13.2 Å². The first-order chi connectivity index (χ1) is 14.0. The van der Waals surface area contributed by atoms with E-state index in [1.165, 1.54) is 10.8 Å². The average molecular weight is 520 g/mol. The lowest BCUT2D eigenvalue weighted by Crippen LogP contribution is -2.31. The van der Waals surface area contributed by atoms with Crippen LogP contribution in [-0.4, -0.2) is 29.6 Å². The summed E-state index contributed by atoms with van der Waals surface area (Å²) in [6, 6.07) is 19.2. The van der Waals surface area contributed by atoms with Crippen molar-refractivity contribution < 1.29 is 19.1 Å². The van der Waals surface area contributed by atoms with E-state index in [2.05, 4.69) is 36.9 Å². The van der Waals surface area contributed by atoms with Crippen molar-refractivity contribution in [3.8, 4) is 11.5 Å². The fraction of sp³-hybridized carbons (Fsp3) is 0.0952. The van der Waals surface area contributed by atoms with E-state index in [4.69, 9.17) is 9.47 Å². The number of carbonyl (C=O) groups is 2. The summed E-state index contributed by atoms with van der Waals surface area (Å²) in [6.07, 6.45) is 1.54. The summed E-state index contributed by atoms with van der Waals surface area (Å²) in [5.41, 5.74) is 0.210. The zero-order valence-corrected chi connectivity index (χ0v) is 18.3. The van der Waals surface area contributed by atoms with Crippen molar-refractivity contribution in [3.05, 3.63) is 87.4 Å². The minimum Gasteiger partial charge on any atom is -0.484 e. The highest BCUT2D eigenvalue weighted by atomic mass is 79.9. The third kappa shape index (κ3) is 6.40. The molecule has 2 aromatic carbocycles. The van der Waals surface area contributed by atoms with Gasteiger partial charge in [0.05, 0.1) is 0 Å². The van der Waals surface area contributed by atoms with E-state index in [-0.39, 0.29) is 24.6 Å². The summed E-state index contributed by atoms with van der Waals surface area (Å²) < 4.78 is 14.0. The average Bonchev–Trinajstić information content (AvgIpc) is 2.73. The second-order valence-electron chi connectivity index (χ2n) is 5.81. The maximum Gasteiger partial charge on any atom is 0.285 e. The minimum atomic E-state index is -0.505. The molecule has 0 radical (unpaired) electrons. The van der Waals surface area contributed by atoms with E-state index in [1.54, 1.807) is 42.5 Å². The second kappa shape index (κ2) is 10.2. The van der Waals surface area contributed by atoms with Gasteiger partial charge in [0.25, 0.3) is 11.8 Å². The molecule has 0 aliphatic heterocycles. The molecule has 0 aliphatic rings. The Balaban J connectivity index is 1.66. The van der Waals surface area contributed by atoms with E-state index >= 15 is 0 Å². The van der Waals surface area contributed by atoms with Gasteiger partial charge in [0, 0.05) is 15.1 Å². The number of halogens is 2. The van der Waals surface area contributed by atoms with Gasteiger partial charge >= 0.3 is 0 Å². The molecule has 8 heteroatoms. The van der Waals surface area contributed by atoms with Crippen LogP contribution >= 0.6 is 31.9 Å². The Kier molecular flexibility index (Phi) is 7.37. The highest BCUT2D eigenvalue weighted by molar-refractivity contribution is 9.10. The molecule has 6 nitrogen and oxygen atoms in total. The number of carbonyl (C=O) groups excluding carboxylic acids is 2. The molecule has 1 aromatic heterocycles. The molecule has 0 spiro atoms. The van der Waals surface area contributed by atoms with Crippen molar-refractivity contribution in [3.63, 3.8) is 0 Å². The minimum absolute atomic E-state index is 0.192. The van der Waals surface area contributed by atoms with Gasteiger partial charge in [-0.05, 0) is 60.7 Å². The van der Waals surface area contributed by atoms with Crippen molar-refractivity contribution in [2.24, 2.45) is 4.99 Å². The van der Waals surface area contributed by atoms with Crippen LogP contribution in [0.5, 0.6) is 11.5 Å². The van der Waals surface area contributed by atoms with Crippen LogP contribution in [-0.2, 0) is 4.79 Å². The normalized spacial score (nSPS) is 11.2. The second-order valence-corrected chi connectivity index (χ2v) is 7.64. The molecular weight excluding hydrogens is 504 g/mol. The van der Waals surface area contributed by atoms with Gasteiger partial charge in [-0.3, -0.25) is 14.2 Å². The predicted octanol–water partition coefficient (Wildman–Crippen LogP) is 4.24.